The topological polar surface area (TPSA) is 79.6 Å². The van der Waals surface area contributed by atoms with Crippen LogP contribution in [0.15, 0.2) is 30.3 Å². The maximum absolute atomic E-state index is 12.5. The van der Waals surface area contributed by atoms with Gasteiger partial charge in [-0.25, -0.2) is 9.59 Å². The molecule has 0 radical (unpaired) electrons. The first-order chi connectivity index (χ1) is 11.8. The van der Waals surface area contributed by atoms with Crippen molar-refractivity contribution >= 4 is 12.1 Å². The van der Waals surface area contributed by atoms with E-state index in [9.17, 15) is 9.59 Å². The number of ether oxygens (including phenoxy) is 2. The molecule has 0 unspecified atom stereocenters. The molecule has 1 amide bonds. The normalized spacial score (nSPS) is 20.0. The number of hydrogen-bond donors (Lipinski definition) is 0. The SMILES string of the molecule is CC(C)(C)OC(=O)[C@@H]1C[C@H](CC#N)CN1C(=O)OCc1ccccc1. The molecule has 1 aromatic rings. The molecule has 6 heteroatoms. The molecular formula is C19H24N2O4. The third-order valence-corrected chi connectivity index (χ3v) is 3.89. The molecule has 0 bridgehead atoms. The van der Waals surface area contributed by atoms with E-state index in [-0.39, 0.29) is 12.5 Å². The summed E-state index contributed by atoms with van der Waals surface area (Å²) in [5.41, 5.74) is 0.238. The van der Waals surface area contributed by atoms with Gasteiger partial charge in [0.1, 0.15) is 18.2 Å². The average molecular weight is 344 g/mol. The molecule has 6 nitrogen and oxygen atoms in total. The van der Waals surface area contributed by atoms with E-state index in [1.54, 1.807) is 20.8 Å². The number of esters is 1. The lowest BCUT2D eigenvalue weighted by Gasteiger charge is -2.26. The van der Waals surface area contributed by atoms with E-state index in [1.807, 2.05) is 30.3 Å². The minimum atomic E-state index is -0.708. The van der Waals surface area contributed by atoms with Gasteiger partial charge in [-0.2, -0.15) is 5.26 Å². The summed E-state index contributed by atoms with van der Waals surface area (Å²) < 4.78 is 10.8. The van der Waals surface area contributed by atoms with Crippen LogP contribution in [-0.2, 0) is 20.9 Å². The zero-order chi connectivity index (χ0) is 18.4. The van der Waals surface area contributed by atoms with Crippen LogP contribution in [0.25, 0.3) is 0 Å². The van der Waals surface area contributed by atoms with Gasteiger partial charge in [-0.3, -0.25) is 4.90 Å². The molecule has 25 heavy (non-hydrogen) atoms. The van der Waals surface area contributed by atoms with Crippen LogP contribution in [0.5, 0.6) is 0 Å². The summed E-state index contributed by atoms with van der Waals surface area (Å²) in [6.07, 6.45) is 0.158. The quantitative estimate of drug-likeness (QED) is 0.783. The van der Waals surface area contributed by atoms with Crippen molar-refractivity contribution in [1.82, 2.24) is 4.90 Å². The highest BCUT2D eigenvalue weighted by Gasteiger charge is 2.42. The molecule has 1 aromatic carbocycles. The summed E-state index contributed by atoms with van der Waals surface area (Å²) in [7, 11) is 0. The number of carbonyl (C=O) groups is 2. The number of benzene rings is 1. The highest BCUT2D eigenvalue weighted by molar-refractivity contribution is 5.82. The lowest BCUT2D eigenvalue weighted by molar-refractivity contribution is -0.159. The summed E-state index contributed by atoms with van der Waals surface area (Å²) in [4.78, 5) is 26.3. The van der Waals surface area contributed by atoms with Crippen LogP contribution in [0, 0.1) is 17.2 Å². The van der Waals surface area contributed by atoms with E-state index in [2.05, 4.69) is 6.07 Å². The molecule has 2 atom stereocenters. The highest BCUT2D eigenvalue weighted by atomic mass is 16.6. The van der Waals surface area contributed by atoms with Crippen molar-refractivity contribution in [3.8, 4) is 6.07 Å². The second kappa shape index (κ2) is 8.02. The first kappa shape index (κ1) is 18.8. The number of nitrogens with zero attached hydrogens (tertiary/aromatic N) is 2. The van der Waals surface area contributed by atoms with Gasteiger partial charge in [-0.1, -0.05) is 30.3 Å². The molecule has 1 aliphatic heterocycles. The first-order valence-corrected chi connectivity index (χ1v) is 8.37. The fourth-order valence-electron chi connectivity index (χ4n) is 2.80. The van der Waals surface area contributed by atoms with Crippen LogP contribution in [0.2, 0.25) is 0 Å². The molecule has 1 aliphatic rings. The second-order valence-corrected chi connectivity index (χ2v) is 7.21. The third kappa shape index (κ3) is 5.49. The number of nitriles is 1. The monoisotopic (exact) mass is 344 g/mol. The number of hydrogen-bond acceptors (Lipinski definition) is 5. The predicted octanol–water partition coefficient (Wildman–Crippen LogP) is 3.27. The van der Waals surface area contributed by atoms with Crippen LogP contribution in [0.4, 0.5) is 4.79 Å². The number of likely N-dealkylation sites (tertiary alicyclic amines) is 1. The van der Waals surface area contributed by atoms with Gasteiger partial charge in [-0.05, 0) is 38.7 Å². The van der Waals surface area contributed by atoms with Gasteiger partial charge in [0.05, 0.1) is 6.07 Å². The largest absolute Gasteiger partial charge is 0.458 e. The van der Waals surface area contributed by atoms with Crippen molar-refractivity contribution in [3.63, 3.8) is 0 Å². The predicted molar refractivity (Wildman–Crippen MR) is 91.3 cm³/mol. The van der Waals surface area contributed by atoms with Crippen LogP contribution in [-0.4, -0.2) is 35.2 Å². The Labute approximate surface area is 148 Å². The maximum atomic E-state index is 12.5. The highest BCUT2D eigenvalue weighted by Crippen LogP contribution is 2.28. The van der Waals surface area contributed by atoms with Crippen molar-refractivity contribution in [3.05, 3.63) is 35.9 Å². The second-order valence-electron chi connectivity index (χ2n) is 7.21. The Bertz CT molecular complexity index is 646. The van der Waals surface area contributed by atoms with Gasteiger partial charge in [0.2, 0.25) is 0 Å². The number of rotatable bonds is 4. The summed E-state index contributed by atoms with van der Waals surface area (Å²) in [6.45, 7) is 5.81. The average Bonchev–Trinajstić information content (AvgIpc) is 2.97. The van der Waals surface area contributed by atoms with Crippen LogP contribution < -0.4 is 0 Å². The zero-order valence-electron chi connectivity index (χ0n) is 14.9. The molecule has 1 saturated heterocycles. The van der Waals surface area contributed by atoms with Gasteiger partial charge in [0.15, 0.2) is 0 Å². The number of amides is 1. The lowest BCUT2D eigenvalue weighted by atomic mass is 10.0. The van der Waals surface area contributed by atoms with Gasteiger partial charge < -0.3 is 9.47 Å². The molecule has 1 fully saturated rings. The smallest absolute Gasteiger partial charge is 0.410 e. The zero-order valence-corrected chi connectivity index (χ0v) is 14.9. The maximum Gasteiger partial charge on any atom is 0.410 e. The Morgan fingerprint density at radius 3 is 2.56 bits per heavy atom. The lowest BCUT2D eigenvalue weighted by Crippen LogP contribution is -2.43. The summed E-state index contributed by atoms with van der Waals surface area (Å²) >= 11 is 0. The van der Waals surface area contributed by atoms with Crippen molar-refractivity contribution in [2.24, 2.45) is 5.92 Å². The van der Waals surface area contributed by atoms with Gasteiger partial charge in [0, 0.05) is 13.0 Å². The molecule has 2 rings (SSSR count). The molecule has 0 aliphatic carbocycles. The molecule has 0 spiro atoms. The van der Waals surface area contributed by atoms with Crippen molar-refractivity contribution in [2.45, 2.75) is 51.9 Å². The molecular weight excluding hydrogens is 320 g/mol. The van der Waals surface area contributed by atoms with Crippen molar-refractivity contribution in [1.29, 1.82) is 5.26 Å². The molecule has 134 valence electrons. The van der Waals surface area contributed by atoms with Gasteiger partial charge in [0.25, 0.3) is 0 Å². The Morgan fingerprint density at radius 2 is 1.96 bits per heavy atom. The van der Waals surface area contributed by atoms with Crippen LogP contribution in [0.3, 0.4) is 0 Å². The summed E-state index contributed by atoms with van der Waals surface area (Å²) in [5, 5.41) is 8.91. The summed E-state index contributed by atoms with van der Waals surface area (Å²) in [6, 6.07) is 10.7. The first-order valence-electron chi connectivity index (χ1n) is 8.37. The minimum absolute atomic E-state index is 0.0493. The molecule has 0 aromatic heterocycles. The number of carbonyl (C=O) groups excluding carboxylic acids is 2. The Morgan fingerprint density at radius 1 is 1.28 bits per heavy atom. The third-order valence-electron chi connectivity index (χ3n) is 3.89. The van der Waals surface area contributed by atoms with Crippen LogP contribution in [0.1, 0.15) is 39.2 Å². The van der Waals surface area contributed by atoms with Crippen molar-refractivity contribution < 1.29 is 19.1 Å². The fourth-order valence-corrected chi connectivity index (χ4v) is 2.80. The minimum Gasteiger partial charge on any atom is -0.458 e. The van der Waals surface area contributed by atoms with E-state index >= 15 is 0 Å². The summed E-state index contributed by atoms with van der Waals surface area (Å²) in [5.74, 6) is -0.503. The van der Waals surface area contributed by atoms with Crippen LogP contribution >= 0.6 is 0 Å². The van der Waals surface area contributed by atoms with E-state index in [0.717, 1.165) is 5.56 Å². The van der Waals surface area contributed by atoms with E-state index in [4.69, 9.17) is 14.7 Å². The van der Waals surface area contributed by atoms with E-state index in [0.29, 0.717) is 19.4 Å². The fraction of sp³-hybridized carbons (Fsp3) is 0.526. The molecule has 1 heterocycles. The Kier molecular flexibility index (Phi) is 6.02. The standard InChI is InChI=1S/C19H24N2O4/c1-19(2,3)25-17(22)16-11-15(9-10-20)12-21(16)18(23)24-13-14-7-5-4-6-8-14/h4-8,15-16H,9,11-13H2,1-3H3/t15-,16-/m0/s1. The van der Waals surface area contributed by atoms with Gasteiger partial charge >= 0.3 is 12.1 Å². The van der Waals surface area contributed by atoms with E-state index < -0.39 is 23.7 Å². The van der Waals surface area contributed by atoms with Gasteiger partial charge in [-0.15, -0.1) is 0 Å². The van der Waals surface area contributed by atoms with E-state index in [1.165, 1.54) is 4.90 Å². The Hall–Kier alpha value is -2.55. The Balaban J connectivity index is 2.04. The molecule has 0 saturated carbocycles. The van der Waals surface area contributed by atoms with Crippen molar-refractivity contribution in [2.75, 3.05) is 6.54 Å². The molecule has 0 N–H and O–H groups in total.